The number of aryl methyl sites for hydroxylation is 2. The maximum atomic E-state index is 13.4. The molecule has 2 fully saturated rings. The number of rotatable bonds is 7. The molecule has 39 heavy (non-hydrogen) atoms. The fourth-order valence-electron chi connectivity index (χ4n) is 6.00. The molecule has 2 amide bonds. The van der Waals surface area contributed by atoms with Gasteiger partial charge in [0.2, 0.25) is 21.8 Å². The summed E-state index contributed by atoms with van der Waals surface area (Å²) in [6, 6.07) is 11.6. The van der Waals surface area contributed by atoms with Crippen LogP contribution in [0, 0.1) is 6.92 Å². The van der Waals surface area contributed by atoms with Crippen LogP contribution in [0.25, 0.3) is 0 Å². The minimum atomic E-state index is -3.94. The zero-order valence-corrected chi connectivity index (χ0v) is 23.3. The van der Waals surface area contributed by atoms with E-state index in [4.69, 9.17) is 0 Å². The van der Waals surface area contributed by atoms with E-state index in [9.17, 15) is 23.1 Å². The number of sulfonamides is 1. The summed E-state index contributed by atoms with van der Waals surface area (Å²) in [4.78, 5) is 28.4. The number of benzene rings is 2. The number of hydrogen-bond donors (Lipinski definition) is 3. The quantitative estimate of drug-likeness (QED) is 0.482. The number of aliphatic hydroxyl groups is 1. The highest BCUT2D eigenvalue weighted by molar-refractivity contribution is 7.89. The summed E-state index contributed by atoms with van der Waals surface area (Å²) in [5.41, 5.74) is 4.42. The van der Waals surface area contributed by atoms with E-state index >= 15 is 0 Å². The van der Waals surface area contributed by atoms with Gasteiger partial charge in [-0.15, -0.1) is 0 Å². The van der Waals surface area contributed by atoms with Gasteiger partial charge in [-0.1, -0.05) is 35.9 Å². The molecule has 10 heteroatoms. The molecule has 0 radical (unpaired) electrons. The van der Waals surface area contributed by atoms with E-state index in [0.717, 1.165) is 60.6 Å². The van der Waals surface area contributed by atoms with Gasteiger partial charge in [0.25, 0.3) is 0 Å². The topological polar surface area (TPSA) is 119 Å². The molecule has 3 N–H and O–H groups in total. The first-order valence-electron chi connectivity index (χ1n) is 13.9. The van der Waals surface area contributed by atoms with E-state index in [2.05, 4.69) is 33.7 Å². The summed E-state index contributed by atoms with van der Waals surface area (Å²) >= 11 is 0. The fraction of sp³-hybridized carbons (Fsp3) is 0.517. The lowest BCUT2D eigenvalue weighted by molar-refractivity contribution is -0.132. The number of aliphatic hydroxyl groups excluding tert-OH is 1. The monoisotopic (exact) mass is 554 g/mol. The van der Waals surface area contributed by atoms with Crippen molar-refractivity contribution in [1.29, 1.82) is 0 Å². The number of β-amino-alcohol motifs (C(OH)–C–C–N with tert-alkyl or cyclic N) is 1. The van der Waals surface area contributed by atoms with Gasteiger partial charge in [-0.2, -0.15) is 4.31 Å². The van der Waals surface area contributed by atoms with Gasteiger partial charge in [0, 0.05) is 26.2 Å². The van der Waals surface area contributed by atoms with Crippen LogP contribution in [0.5, 0.6) is 0 Å². The Morgan fingerprint density at radius 2 is 1.90 bits per heavy atom. The highest BCUT2D eigenvalue weighted by atomic mass is 32.2. The molecule has 1 aliphatic carbocycles. The number of piperazine rings is 1. The van der Waals surface area contributed by atoms with Crippen molar-refractivity contribution in [2.24, 2.45) is 0 Å². The van der Waals surface area contributed by atoms with Crippen molar-refractivity contribution in [3.63, 3.8) is 0 Å². The van der Waals surface area contributed by atoms with Crippen LogP contribution in [0.2, 0.25) is 0 Å². The lowest BCUT2D eigenvalue weighted by Crippen LogP contribution is -2.58. The molecule has 0 unspecified atom stereocenters. The van der Waals surface area contributed by atoms with Crippen molar-refractivity contribution in [2.45, 2.75) is 75.1 Å². The van der Waals surface area contributed by atoms with Crippen molar-refractivity contribution in [3.05, 3.63) is 64.7 Å². The normalized spacial score (nSPS) is 24.6. The van der Waals surface area contributed by atoms with Crippen LogP contribution in [0.3, 0.4) is 0 Å². The van der Waals surface area contributed by atoms with Crippen molar-refractivity contribution >= 4 is 21.8 Å². The third-order valence-corrected chi connectivity index (χ3v) is 9.95. The second-order valence-electron chi connectivity index (χ2n) is 11.0. The summed E-state index contributed by atoms with van der Waals surface area (Å²) in [7, 11) is -3.94. The van der Waals surface area contributed by atoms with Gasteiger partial charge >= 0.3 is 0 Å². The third kappa shape index (κ3) is 6.35. The zero-order valence-electron chi connectivity index (χ0n) is 22.4. The van der Waals surface area contributed by atoms with Gasteiger partial charge < -0.3 is 15.7 Å². The van der Waals surface area contributed by atoms with Gasteiger partial charge in [-0.3, -0.25) is 14.5 Å². The number of piperidine rings is 1. The van der Waals surface area contributed by atoms with Gasteiger partial charge in [-0.25, -0.2) is 8.42 Å². The Kier molecular flexibility index (Phi) is 8.37. The molecule has 2 aromatic carbocycles. The Labute approximate surface area is 230 Å². The van der Waals surface area contributed by atoms with E-state index in [-0.39, 0.29) is 42.5 Å². The average molecular weight is 555 g/mol. The Balaban J connectivity index is 1.27. The third-order valence-electron chi connectivity index (χ3n) is 8.03. The van der Waals surface area contributed by atoms with Crippen LogP contribution >= 0.6 is 0 Å². The maximum Gasteiger partial charge on any atom is 0.243 e. The van der Waals surface area contributed by atoms with Crippen LogP contribution in [0.1, 0.15) is 60.4 Å². The molecular formula is C29H38N4O5S. The lowest BCUT2D eigenvalue weighted by atomic mass is 9.86. The summed E-state index contributed by atoms with van der Waals surface area (Å²) in [5.74, 6) is -0.797. The highest BCUT2D eigenvalue weighted by Gasteiger charge is 2.40. The Morgan fingerprint density at radius 3 is 2.67 bits per heavy atom. The number of hydrogen-bond acceptors (Lipinski definition) is 6. The number of likely N-dealkylation sites (tertiary alicyclic amines) is 1. The minimum Gasteiger partial charge on any atom is -0.392 e. The lowest BCUT2D eigenvalue weighted by Gasteiger charge is -2.34. The number of nitrogens with one attached hydrogen (secondary N) is 2. The molecule has 0 aromatic heterocycles. The van der Waals surface area contributed by atoms with Crippen LogP contribution in [-0.2, 0) is 32.6 Å². The van der Waals surface area contributed by atoms with Crippen LogP contribution in [-0.4, -0.2) is 72.9 Å². The number of carbonyl (C=O) groups excluding carboxylic acids is 2. The molecule has 3 aliphatic rings. The Bertz CT molecular complexity index is 1310. The highest BCUT2D eigenvalue weighted by Crippen LogP contribution is 2.31. The van der Waals surface area contributed by atoms with Crippen LogP contribution in [0.4, 0.5) is 0 Å². The molecule has 2 saturated heterocycles. The number of fused-ring (bicyclic) bond motifs is 1. The van der Waals surface area contributed by atoms with E-state index in [1.165, 1.54) is 23.3 Å². The van der Waals surface area contributed by atoms with E-state index < -0.39 is 22.0 Å². The molecule has 2 aromatic rings. The van der Waals surface area contributed by atoms with Crippen molar-refractivity contribution in [1.82, 2.24) is 19.8 Å². The second kappa shape index (κ2) is 11.8. The van der Waals surface area contributed by atoms with Crippen molar-refractivity contribution < 1.29 is 23.1 Å². The first-order chi connectivity index (χ1) is 18.7. The smallest absolute Gasteiger partial charge is 0.243 e. The van der Waals surface area contributed by atoms with Gasteiger partial charge in [-0.05, 0) is 74.4 Å². The molecule has 0 bridgehead atoms. The molecule has 0 spiro atoms. The minimum absolute atomic E-state index is 0.114. The van der Waals surface area contributed by atoms with Crippen LogP contribution < -0.4 is 10.6 Å². The predicted molar refractivity (Wildman–Crippen MR) is 147 cm³/mol. The molecule has 2 aliphatic heterocycles. The standard InChI is InChI=1S/C29H38N4O5S/c1-20-7-10-24(11-8-20)39(37,38)33-15-13-30-29(36)27(33)17-28(35)31-26-6-2-4-22-16-21(9-12-25(22)26)18-32-14-3-5-23(34)19-32/h7-12,16,23,26-27,34H,2-6,13-15,17-19H2,1H3,(H,30,36)(H,31,35)/t23-,26+,27+/m0/s1. The van der Waals surface area contributed by atoms with Gasteiger partial charge in [0.05, 0.1) is 23.5 Å². The summed E-state index contributed by atoms with van der Waals surface area (Å²) in [6.45, 7) is 4.67. The summed E-state index contributed by atoms with van der Waals surface area (Å²) < 4.78 is 27.9. The van der Waals surface area contributed by atoms with E-state index in [0.29, 0.717) is 6.54 Å². The molecule has 3 atom stereocenters. The first kappa shape index (κ1) is 27.8. The van der Waals surface area contributed by atoms with E-state index in [1.807, 2.05) is 6.92 Å². The summed E-state index contributed by atoms with van der Waals surface area (Å²) in [6.07, 6.45) is 4.03. The molecule has 5 rings (SSSR count). The number of amides is 2. The number of nitrogens with zero attached hydrogens (tertiary/aromatic N) is 2. The average Bonchev–Trinajstić information content (AvgIpc) is 2.90. The molecule has 210 valence electrons. The second-order valence-corrected chi connectivity index (χ2v) is 12.9. The van der Waals surface area contributed by atoms with Gasteiger partial charge in [0.1, 0.15) is 6.04 Å². The zero-order chi connectivity index (χ0) is 27.6. The van der Waals surface area contributed by atoms with Crippen LogP contribution in [0.15, 0.2) is 47.4 Å². The van der Waals surface area contributed by atoms with Crippen molar-refractivity contribution in [3.8, 4) is 0 Å². The maximum absolute atomic E-state index is 13.4. The van der Waals surface area contributed by atoms with E-state index in [1.54, 1.807) is 12.1 Å². The number of carbonyl (C=O) groups is 2. The molecule has 9 nitrogen and oxygen atoms in total. The molecule has 2 heterocycles. The first-order valence-corrected chi connectivity index (χ1v) is 15.3. The fourth-order valence-corrected chi connectivity index (χ4v) is 7.59. The Morgan fingerprint density at radius 1 is 1.10 bits per heavy atom. The predicted octanol–water partition coefficient (Wildman–Crippen LogP) is 2.02. The Hall–Kier alpha value is -2.79. The molecular weight excluding hydrogens is 516 g/mol. The van der Waals surface area contributed by atoms with Gasteiger partial charge in [0.15, 0.2) is 0 Å². The SMILES string of the molecule is Cc1ccc(S(=O)(=O)N2CCNC(=O)[C@H]2CC(=O)N[C@@H]2CCCc3cc(CN4CCC[C@H](O)C4)ccc32)cc1. The largest absolute Gasteiger partial charge is 0.392 e. The summed E-state index contributed by atoms with van der Waals surface area (Å²) in [5, 5.41) is 15.8. The molecule has 0 saturated carbocycles. The van der Waals surface area contributed by atoms with Crippen molar-refractivity contribution in [2.75, 3.05) is 26.2 Å².